The minimum absolute atomic E-state index is 0.0558. The van der Waals surface area contributed by atoms with Crippen molar-refractivity contribution in [3.05, 3.63) is 34.9 Å². The molecular weight excluding hydrogens is 282 g/mol. The van der Waals surface area contributed by atoms with Crippen LogP contribution in [-0.2, 0) is 0 Å². The number of rotatable bonds is 1. The number of benzene rings is 1. The number of hydrogen-bond acceptors (Lipinski definition) is 1. The molecule has 0 atom stereocenters. The lowest BCUT2D eigenvalue weighted by atomic mass is 10.1. The van der Waals surface area contributed by atoms with E-state index >= 15 is 0 Å². The Kier molecular flexibility index (Phi) is 3.30. The smallest absolute Gasteiger partial charge is 0.0995 e. The molecule has 0 heterocycles. The third kappa shape index (κ3) is 2.09. The Morgan fingerprint density at radius 1 is 1.42 bits per heavy atom. The number of hydrogen-bond donors (Lipinski definition) is 0. The van der Waals surface area contributed by atoms with Gasteiger partial charge >= 0.3 is 0 Å². The van der Waals surface area contributed by atoms with E-state index in [0.29, 0.717) is 5.56 Å². The van der Waals surface area contributed by atoms with Crippen LogP contribution in [0.2, 0.25) is 0 Å². The standard InChI is InChI=1S/C9H7Br2N/c1-6-2-3-8(9(10)11)7(4-6)5-12/h2-4,9H,1H3. The van der Waals surface area contributed by atoms with Gasteiger partial charge in [-0.15, -0.1) is 0 Å². The van der Waals surface area contributed by atoms with E-state index in [-0.39, 0.29) is 3.74 Å². The van der Waals surface area contributed by atoms with Crippen LogP contribution >= 0.6 is 31.9 Å². The number of alkyl halides is 2. The summed E-state index contributed by atoms with van der Waals surface area (Å²) < 4.78 is 0.0558. The molecule has 0 spiro atoms. The van der Waals surface area contributed by atoms with Gasteiger partial charge in [-0.3, -0.25) is 0 Å². The minimum atomic E-state index is 0.0558. The van der Waals surface area contributed by atoms with Crippen molar-refractivity contribution in [2.24, 2.45) is 0 Å². The van der Waals surface area contributed by atoms with Gasteiger partial charge in [-0.25, -0.2) is 0 Å². The summed E-state index contributed by atoms with van der Waals surface area (Å²) in [4.78, 5) is 0. The van der Waals surface area contributed by atoms with Gasteiger partial charge < -0.3 is 0 Å². The Balaban J connectivity index is 3.23. The van der Waals surface area contributed by atoms with E-state index in [1.807, 2.05) is 25.1 Å². The molecular formula is C9H7Br2N. The fourth-order valence-corrected chi connectivity index (χ4v) is 1.76. The van der Waals surface area contributed by atoms with Crippen molar-refractivity contribution in [2.75, 3.05) is 0 Å². The van der Waals surface area contributed by atoms with Gasteiger partial charge in [-0.1, -0.05) is 44.0 Å². The molecule has 0 unspecified atom stereocenters. The van der Waals surface area contributed by atoms with E-state index in [4.69, 9.17) is 5.26 Å². The summed E-state index contributed by atoms with van der Waals surface area (Å²) >= 11 is 6.73. The zero-order valence-corrected chi connectivity index (χ0v) is 9.68. The van der Waals surface area contributed by atoms with Crippen LogP contribution in [0.3, 0.4) is 0 Å². The number of nitriles is 1. The summed E-state index contributed by atoms with van der Waals surface area (Å²) in [5, 5.41) is 8.80. The number of aryl methyl sites for hydroxylation is 1. The maximum atomic E-state index is 8.80. The molecule has 1 aromatic carbocycles. The third-order valence-corrected chi connectivity index (χ3v) is 2.55. The highest BCUT2D eigenvalue weighted by Gasteiger charge is 2.07. The minimum Gasteiger partial charge on any atom is -0.192 e. The molecule has 0 N–H and O–H groups in total. The quantitative estimate of drug-likeness (QED) is 0.724. The summed E-state index contributed by atoms with van der Waals surface area (Å²) in [5.41, 5.74) is 2.80. The summed E-state index contributed by atoms with van der Waals surface area (Å²) in [6.45, 7) is 1.97. The maximum Gasteiger partial charge on any atom is 0.0995 e. The van der Waals surface area contributed by atoms with Gasteiger partial charge in [-0.05, 0) is 24.1 Å². The first kappa shape index (κ1) is 9.76. The molecule has 0 bridgehead atoms. The van der Waals surface area contributed by atoms with Crippen LogP contribution in [0.4, 0.5) is 0 Å². The van der Waals surface area contributed by atoms with Crippen molar-refractivity contribution in [3.8, 4) is 6.07 Å². The molecule has 0 aliphatic carbocycles. The van der Waals surface area contributed by atoms with E-state index < -0.39 is 0 Å². The fourth-order valence-electron chi connectivity index (χ4n) is 0.957. The molecule has 12 heavy (non-hydrogen) atoms. The zero-order valence-electron chi connectivity index (χ0n) is 6.51. The highest BCUT2D eigenvalue weighted by Crippen LogP contribution is 2.31. The average molecular weight is 289 g/mol. The molecule has 0 saturated carbocycles. The van der Waals surface area contributed by atoms with Gasteiger partial charge in [0.2, 0.25) is 0 Å². The Morgan fingerprint density at radius 3 is 2.58 bits per heavy atom. The topological polar surface area (TPSA) is 23.8 Å². The van der Waals surface area contributed by atoms with E-state index in [1.54, 1.807) is 0 Å². The fraction of sp³-hybridized carbons (Fsp3) is 0.222. The van der Waals surface area contributed by atoms with Gasteiger partial charge in [0, 0.05) is 0 Å². The van der Waals surface area contributed by atoms with Crippen LogP contribution in [0.15, 0.2) is 18.2 Å². The second kappa shape index (κ2) is 4.06. The van der Waals surface area contributed by atoms with Crippen LogP contribution in [0.1, 0.15) is 20.4 Å². The highest BCUT2D eigenvalue weighted by atomic mass is 79.9. The Morgan fingerprint density at radius 2 is 2.08 bits per heavy atom. The first-order valence-electron chi connectivity index (χ1n) is 3.44. The van der Waals surface area contributed by atoms with Crippen LogP contribution in [0.25, 0.3) is 0 Å². The largest absolute Gasteiger partial charge is 0.192 e. The van der Waals surface area contributed by atoms with Crippen molar-refractivity contribution in [1.82, 2.24) is 0 Å². The predicted octanol–water partition coefficient (Wildman–Crippen LogP) is 3.66. The Bertz CT molecular complexity index is 326. The van der Waals surface area contributed by atoms with Gasteiger partial charge in [-0.2, -0.15) is 5.26 Å². The molecule has 1 nitrogen and oxygen atoms in total. The predicted molar refractivity (Wildman–Crippen MR) is 56.5 cm³/mol. The van der Waals surface area contributed by atoms with Crippen molar-refractivity contribution in [1.29, 1.82) is 5.26 Å². The molecule has 0 fully saturated rings. The third-order valence-electron chi connectivity index (χ3n) is 1.56. The van der Waals surface area contributed by atoms with Crippen LogP contribution in [0, 0.1) is 18.3 Å². The highest BCUT2D eigenvalue weighted by molar-refractivity contribution is 9.24. The summed E-state index contributed by atoms with van der Waals surface area (Å²) in [6.07, 6.45) is 0. The number of nitrogens with zero attached hydrogens (tertiary/aromatic N) is 1. The second-order valence-electron chi connectivity index (χ2n) is 2.50. The van der Waals surface area contributed by atoms with E-state index in [1.165, 1.54) is 0 Å². The summed E-state index contributed by atoms with van der Waals surface area (Å²) in [5.74, 6) is 0. The lowest BCUT2D eigenvalue weighted by Gasteiger charge is -2.04. The second-order valence-corrected chi connectivity index (χ2v) is 5.56. The monoisotopic (exact) mass is 287 g/mol. The van der Waals surface area contributed by atoms with Gasteiger partial charge in [0.05, 0.1) is 15.4 Å². The van der Waals surface area contributed by atoms with Crippen LogP contribution in [0.5, 0.6) is 0 Å². The first-order chi connectivity index (χ1) is 5.65. The SMILES string of the molecule is Cc1ccc(C(Br)Br)c(C#N)c1. The van der Waals surface area contributed by atoms with Crippen molar-refractivity contribution < 1.29 is 0 Å². The van der Waals surface area contributed by atoms with Crippen LogP contribution in [-0.4, -0.2) is 0 Å². The molecule has 1 aromatic rings. The molecule has 0 aromatic heterocycles. The molecule has 0 aliphatic rings. The molecule has 0 saturated heterocycles. The lowest BCUT2D eigenvalue weighted by Crippen LogP contribution is -1.88. The summed E-state index contributed by atoms with van der Waals surface area (Å²) in [7, 11) is 0. The molecule has 0 aliphatic heterocycles. The normalized spacial score (nSPS) is 9.92. The first-order valence-corrected chi connectivity index (χ1v) is 5.27. The van der Waals surface area contributed by atoms with Crippen molar-refractivity contribution in [3.63, 3.8) is 0 Å². The van der Waals surface area contributed by atoms with Crippen molar-refractivity contribution in [2.45, 2.75) is 10.7 Å². The lowest BCUT2D eigenvalue weighted by molar-refractivity contribution is 1.32. The van der Waals surface area contributed by atoms with E-state index in [2.05, 4.69) is 37.9 Å². The number of halogens is 2. The van der Waals surface area contributed by atoms with Gasteiger partial charge in [0.15, 0.2) is 0 Å². The molecule has 3 heteroatoms. The summed E-state index contributed by atoms with van der Waals surface area (Å²) in [6, 6.07) is 7.98. The maximum absolute atomic E-state index is 8.80. The molecule has 0 amide bonds. The Labute approximate surface area is 88.7 Å². The van der Waals surface area contributed by atoms with Gasteiger partial charge in [0.25, 0.3) is 0 Å². The van der Waals surface area contributed by atoms with Crippen LogP contribution < -0.4 is 0 Å². The zero-order chi connectivity index (χ0) is 9.14. The molecule has 1 rings (SSSR count). The van der Waals surface area contributed by atoms with Gasteiger partial charge in [0.1, 0.15) is 0 Å². The molecule has 0 radical (unpaired) electrons. The Hall–Kier alpha value is -0.330. The van der Waals surface area contributed by atoms with Crippen molar-refractivity contribution >= 4 is 31.9 Å². The molecule has 62 valence electrons. The van der Waals surface area contributed by atoms with E-state index in [0.717, 1.165) is 11.1 Å². The van der Waals surface area contributed by atoms with E-state index in [9.17, 15) is 0 Å². The average Bonchev–Trinajstić information content (AvgIpc) is 2.03.